The van der Waals surface area contributed by atoms with E-state index in [1.807, 2.05) is 0 Å². The third-order valence-corrected chi connectivity index (χ3v) is 7.87. The molecule has 0 saturated heterocycles. The highest BCUT2D eigenvalue weighted by atomic mass is 79.9. The van der Waals surface area contributed by atoms with E-state index in [1.54, 1.807) is 0 Å². The minimum atomic E-state index is 0. The zero-order valence-corrected chi connectivity index (χ0v) is 27.6. The molecule has 0 aliphatic carbocycles. The molecule has 0 aliphatic heterocycles. The first-order valence-electron chi connectivity index (χ1n) is 10.2. The largest absolute Gasteiger partial charge is 1.00 e. The fourth-order valence-electron chi connectivity index (χ4n) is 3.67. The summed E-state index contributed by atoms with van der Waals surface area (Å²) in [6.07, 6.45) is 8.51. The molecule has 0 amide bonds. The van der Waals surface area contributed by atoms with Gasteiger partial charge < -0.3 is 34.0 Å². The average molecular weight is 842 g/mol. The Morgan fingerprint density at radius 3 is 0.941 bits per heavy atom. The Balaban J connectivity index is 0.00000204. The van der Waals surface area contributed by atoms with Gasteiger partial charge in [0, 0.05) is 69.9 Å². The first kappa shape index (κ1) is 29.8. The Kier molecular flexibility index (Phi) is 12.6. The lowest BCUT2D eigenvalue weighted by Crippen LogP contribution is -3.00. The molecule has 34 heavy (non-hydrogen) atoms. The average Bonchev–Trinajstić information content (AvgIpc) is 2.88. The summed E-state index contributed by atoms with van der Waals surface area (Å²) >= 11 is 14.3. The molecule has 0 fully saturated rings. The highest BCUT2D eigenvalue weighted by Crippen LogP contribution is 2.20. The summed E-state index contributed by atoms with van der Waals surface area (Å²) < 4.78 is 4.33. The first-order valence-corrected chi connectivity index (χ1v) is 14.7. The normalized spacial score (nSPS) is 10.4. The van der Waals surface area contributed by atoms with E-state index in [2.05, 4.69) is 158 Å². The Labute approximate surface area is 255 Å². The van der Waals surface area contributed by atoms with Gasteiger partial charge in [-0.05, 0) is 33.4 Å². The smallest absolute Gasteiger partial charge is 0.211 e. The van der Waals surface area contributed by atoms with Crippen LogP contribution in [-0.4, -0.2) is 0 Å². The fraction of sp³-hybridized carbons (Fsp3) is 0.154. The molecule has 0 aliphatic rings. The van der Waals surface area contributed by atoms with Crippen molar-refractivity contribution in [1.29, 1.82) is 0 Å². The van der Waals surface area contributed by atoms with Crippen molar-refractivity contribution >= 4 is 63.7 Å². The van der Waals surface area contributed by atoms with Crippen molar-refractivity contribution in [3.63, 3.8) is 0 Å². The molecule has 0 radical (unpaired) electrons. The number of alkyl halides is 4. The molecule has 4 rings (SSSR count). The third-order valence-electron chi connectivity index (χ3n) is 5.28. The van der Waals surface area contributed by atoms with Gasteiger partial charge in [0.05, 0.1) is 0 Å². The molecule has 4 aromatic rings. The van der Waals surface area contributed by atoms with Crippen molar-refractivity contribution in [2.75, 3.05) is 0 Å². The number of hydrogen-bond acceptors (Lipinski definition) is 0. The lowest BCUT2D eigenvalue weighted by molar-refractivity contribution is -0.596. The van der Waals surface area contributed by atoms with Crippen LogP contribution < -0.4 is 43.1 Å². The van der Waals surface area contributed by atoms with Gasteiger partial charge in [-0.15, -0.1) is 0 Å². The van der Waals surface area contributed by atoms with E-state index in [-0.39, 0.29) is 34.0 Å². The van der Waals surface area contributed by atoms with Crippen LogP contribution in [0.5, 0.6) is 0 Å². The molecular formula is C26H22Br6N2. The first-order chi connectivity index (χ1) is 15.6. The maximum absolute atomic E-state index is 3.58. The van der Waals surface area contributed by atoms with Crippen molar-refractivity contribution in [2.45, 2.75) is 21.3 Å². The summed E-state index contributed by atoms with van der Waals surface area (Å²) in [5, 5.41) is 3.39. The number of halogens is 6. The summed E-state index contributed by atoms with van der Waals surface area (Å²) in [4.78, 5) is 0. The molecule has 2 aromatic heterocycles. The Hall–Kier alpha value is -0.380. The molecular weight excluding hydrogens is 820 g/mol. The van der Waals surface area contributed by atoms with Crippen LogP contribution >= 0.6 is 63.7 Å². The SMILES string of the molecule is BrCc1cc(CBr)cc(-[n+]2ccc(-c3cc[n+](-c4cc(CBr)cc(CBr)c4)cc3)cc2)c1.[Br-].[Br-]. The molecule has 178 valence electrons. The van der Waals surface area contributed by atoms with Gasteiger partial charge >= 0.3 is 0 Å². The maximum atomic E-state index is 3.58. The van der Waals surface area contributed by atoms with E-state index in [0.29, 0.717) is 0 Å². The quantitative estimate of drug-likeness (QED) is 0.197. The summed E-state index contributed by atoms with van der Waals surface area (Å²) in [6, 6.07) is 22.0. The molecule has 2 nitrogen and oxygen atoms in total. The number of aromatic nitrogens is 2. The Bertz CT molecular complexity index is 1070. The highest BCUT2D eigenvalue weighted by Gasteiger charge is 2.12. The van der Waals surface area contributed by atoms with Crippen LogP contribution in [0.25, 0.3) is 22.5 Å². The molecule has 0 bridgehead atoms. The fourth-order valence-corrected chi connectivity index (χ4v) is 4.97. The van der Waals surface area contributed by atoms with Crippen LogP contribution in [0.15, 0.2) is 85.5 Å². The zero-order chi connectivity index (χ0) is 22.5. The van der Waals surface area contributed by atoms with Gasteiger partial charge in [0.25, 0.3) is 0 Å². The van der Waals surface area contributed by atoms with Gasteiger partial charge in [-0.25, -0.2) is 0 Å². The third kappa shape index (κ3) is 7.32. The molecule has 0 unspecified atom stereocenters. The van der Waals surface area contributed by atoms with E-state index in [4.69, 9.17) is 0 Å². The number of benzene rings is 2. The van der Waals surface area contributed by atoms with Gasteiger partial charge in [0.2, 0.25) is 11.4 Å². The summed E-state index contributed by atoms with van der Waals surface area (Å²) in [6.45, 7) is 0. The van der Waals surface area contributed by atoms with Crippen LogP contribution in [0.3, 0.4) is 0 Å². The van der Waals surface area contributed by atoms with E-state index in [0.717, 1.165) is 21.3 Å². The summed E-state index contributed by atoms with van der Waals surface area (Å²) in [7, 11) is 0. The number of pyridine rings is 2. The second kappa shape index (κ2) is 14.4. The van der Waals surface area contributed by atoms with Crippen molar-refractivity contribution in [3.8, 4) is 22.5 Å². The van der Waals surface area contributed by atoms with E-state index < -0.39 is 0 Å². The topological polar surface area (TPSA) is 7.76 Å². The summed E-state index contributed by atoms with van der Waals surface area (Å²) in [5.41, 5.74) is 9.82. The van der Waals surface area contributed by atoms with Crippen molar-refractivity contribution < 1.29 is 43.1 Å². The van der Waals surface area contributed by atoms with Crippen LogP contribution in [0.2, 0.25) is 0 Å². The lowest BCUT2D eigenvalue weighted by atomic mass is 10.1. The van der Waals surface area contributed by atoms with Gasteiger partial charge in [0.1, 0.15) is 0 Å². The Morgan fingerprint density at radius 2 is 0.706 bits per heavy atom. The van der Waals surface area contributed by atoms with Gasteiger partial charge in [-0.2, -0.15) is 9.13 Å². The van der Waals surface area contributed by atoms with Gasteiger partial charge in [-0.3, -0.25) is 0 Å². The van der Waals surface area contributed by atoms with Crippen LogP contribution in [0.1, 0.15) is 22.3 Å². The van der Waals surface area contributed by atoms with E-state index >= 15 is 0 Å². The second-order valence-electron chi connectivity index (χ2n) is 7.54. The minimum Gasteiger partial charge on any atom is -1.00 e. The highest BCUT2D eigenvalue weighted by molar-refractivity contribution is 9.09. The van der Waals surface area contributed by atoms with Gasteiger partial charge in [-0.1, -0.05) is 75.9 Å². The number of nitrogens with zero attached hydrogens (tertiary/aromatic N) is 2. The molecule has 2 aromatic carbocycles. The zero-order valence-electron chi connectivity index (χ0n) is 18.1. The lowest BCUT2D eigenvalue weighted by Gasteiger charge is -2.05. The van der Waals surface area contributed by atoms with E-state index in [1.165, 1.54) is 44.8 Å². The van der Waals surface area contributed by atoms with Crippen molar-refractivity contribution in [3.05, 3.63) is 108 Å². The Morgan fingerprint density at radius 1 is 0.441 bits per heavy atom. The molecule has 2 heterocycles. The van der Waals surface area contributed by atoms with Crippen molar-refractivity contribution in [2.24, 2.45) is 0 Å². The summed E-state index contributed by atoms with van der Waals surface area (Å²) in [5.74, 6) is 0. The van der Waals surface area contributed by atoms with Crippen LogP contribution in [0.4, 0.5) is 0 Å². The minimum absolute atomic E-state index is 0. The van der Waals surface area contributed by atoms with E-state index in [9.17, 15) is 0 Å². The van der Waals surface area contributed by atoms with Crippen LogP contribution in [0, 0.1) is 0 Å². The van der Waals surface area contributed by atoms with Crippen molar-refractivity contribution in [1.82, 2.24) is 0 Å². The number of hydrogen-bond donors (Lipinski definition) is 0. The number of rotatable bonds is 7. The molecule has 8 heteroatoms. The standard InChI is InChI=1S/C26H22Br4N2.2BrH/c27-15-19-9-20(16-28)12-25(11-19)31-5-1-23(2-6-31)24-3-7-32(8-4-24)26-13-21(17-29)10-22(14-26)18-30;;/h1-14H,15-18H2;2*1H/q+2;;/p-2. The molecule has 0 N–H and O–H groups in total. The predicted molar refractivity (Wildman–Crippen MR) is 145 cm³/mol. The van der Waals surface area contributed by atoms with Crippen LogP contribution in [-0.2, 0) is 21.3 Å². The molecule has 0 saturated carbocycles. The molecule has 0 spiro atoms. The predicted octanol–water partition coefficient (Wildman–Crippen LogP) is 1.49. The molecule has 0 atom stereocenters. The van der Waals surface area contributed by atoms with Gasteiger partial charge in [0.15, 0.2) is 24.8 Å². The second-order valence-corrected chi connectivity index (χ2v) is 9.78. The maximum Gasteiger partial charge on any atom is 0.211 e. The monoisotopic (exact) mass is 836 g/mol.